The highest BCUT2D eigenvalue weighted by Gasteiger charge is 2.35. The lowest BCUT2D eigenvalue weighted by molar-refractivity contribution is -0.140. The molecule has 2 aromatic carbocycles. The average molecular weight is 478 g/mol. The molecule has 0 bridgehead atoms. The first kappa shape index (κ1) is 25.0. The predicted molar refractivity (Wildman–Crippen MR) is 125 cm³/mol. The Balaban J connectivity index is 1.83. The second-order valence-electron chi connectivity index (χ2n) is 8.41. The van der Waals surface area contributed by atoms with Crippen LogP contribution in [-0.2, 0) is 19.6 Å². The van der Waals surface area contributed by atoms with Crippen LogP contribution in [-0.4, -0.2) is 68.6 Å². The van der Waals surface area contributed by atoms with E-state index in [2.05, 4.69) is 0 Å². The SMILES string of the molecule is Cc1ccc(Oc2ccc(N(CC(C(=O)NO)N3C[C@@H](C)O[C@@H](C)C3)S(C)(=O)=O)cc2)cc1. The molecule has 1 aliphatic rings. The van der Waals surface area contributed by atoms with E-state index in [4.69, 9.17) is 9.47 Å². The fourth-order valence-corrected chi connectivity index (χ4v) is 4.84. The summed E-state index contributed by atoms with van der Waals surface area (Å²) in [7, 11) is -3.72. The van der Waals surface area contributed by atoms with Gasteiger partial charge in [-0.1, -0.05) is 17.7 Å². The molecule has 33 heavy (non-hydrogen) atoms. The number of aryl methyl sites for hydroxylation is 1. The van der Waals surface area contributed by atoms with E-state index in [1.165, 1.54) is 0 Å². The molecule has 0 radical (unpaired) electrons. The van der Waals surface area contributed by atoms with Gasteiger partial charge in [-0.2, -0.15) is 0 Å². The van der Waals surface area contributed by atoms with E-state index in [0.717, 1.165) is 16.1 Å². The molecule has 3 rings (SSSR count). The van der Waals surface area contributed by atoms with Crippen LogP contribution in [0.15, 0.2) is 48.5 Å². The Morgan fingerprint density at radius 2 is 1.64 bits per heavy atom. The largest absolute Gasteiger partial charge is 0.457 e. The van der Waals surface area contributed by atoms with Gasteiger partial charge in [0.1, 0.15) is 17.5 Å². The van der Waals surface area contributed by atoms with Crippen molar-refractivity contribution in [2.75, 3.05) is 30.2 Å². The zero-order valence-electron chi connectivity index (χ0n) is 19.3. The number of carbonyl (C=O) groups is 1. The Morgan fingerprint density at radius 1 is 1.12 bits per heavy atom. The quantitative estimate of drug-likeness (QED) is 0.444. The van der Waals surface area contributed by atoms with Gasteiger partial charge in [-0.3, -0.25) is 19.2 Å². The van der Waals surface area contributed by atoms with Gasteiger partial charge < -0.3 is 9.47 Å². The molecule has 1 fully saturated rings. The molecular formula is C23H31N3O6S. The molecule has 1 aliphatic heterocycles. The zero-order valence-corrected chi connectivity index (χ0v) is 20.1. The van der Waals surface area contributed by atoms with Crippen molar-refractivity contribution in [1.29, 1.82) is 0 Å². The number of sulfonamides is 1. The molecular weight excluding hydrogens is 446 g/mol. The van der Waals surface area contributed by atoms with Crippen LogP contribution < -0.4 is 14.5 Å². The monoisotopic (exact) mass is 477 g/mol. The molecule has 180 valence electrons. The summed E-state index contributed by atoms with van der Waals surface area (Å²) in [5.74, 6) is 0.546. The molecule has 10 heteroatoms. The van der Waals surface area contributed by atoms with Crippen LogP contribution in [0.2, 0.25) is 0 Å². The molecule has 0 spiro atoms. The highest BCUT2D eigenvalue weighted by atomic mass is 32.2. The van der Waals surface area contributed by atoms with Crippen molar-refractivity contribution >= 4 is 21.6 Å². The van der Waals surface area contributed by atoms with E-state index >= 15 is 0 Å². The van der Waals surface area contributed by atoms with Crippen LogP contribution in [0, 0.1) is 6.92 Å². The number of anilines is 1. The normalized spacial score (nSPS) is 20.2. The first-order valence-electron chi connectivity index (χ1n) is 10.7. The Kier molecular flexibility index (Phi) is 7.96. The molecule has 1 heterocycles. The van der Waals surface area contributed by atoms with E-state index in [-0.39, 0.29) is 18.8 Å². The van der Waals surface area contributed by atoms with Gasteiger partial charge in [0.2, 0.25) is 10.0 Å². The van der Waals surface area contributed by atoms with Crippen molar-refractivity contribution in [2.45, 2.75) is 39.0 Å². The zero-order chi connectivity index (χ0) is 24.2. The highest BCUT2D eigenvalue weighted by molar-refractivity contribution is 7.92. The third-order valence-corrected chi connectivity index (χ3v) is 6.58. The summed E-state index contributed by atoms with van der Waals surface area (Å²) in [6.07, 6.45) is 0.822. The smallest absolute Gasteiger partial charge is 0.262 e. The molecule has 1 unspecified atom stereocenters. The van der Waals surface area contributed by atoms with Gasteiger partial charge in [-0.25, -0.2) is 13.9 Å². The Morgan fingerprint density at radius 3 is 2.12 bits per heavy atom. The summed E-state index contributed by atoms with van der Waals surface area (Å²) in [6, 6.07) is 13.3. The van der Waals surface area contributed by atoms with Gasteiger partial charge in [-0.05, 0) is 57.2 Å². The van der Waals surface area contributed by atoms with Crippen molar-refractivity contribution < 1.29 is 27.9 Å². The van der Waals surface area contributed by atoms with Crippen LogP contribution in [0.3, 0.4) is 0 Å². The standard InChI is InChI=1S/C23H31N3O6S/c1-16-5-9-20(10-6-16)32-21-11-7-19(8-12-21)26(33(4,29)30)15-22(23(27)24-28)25-13-17(2)31-18(3)14-25/h5-12,17-18,22,28H,13-15H2,1-4H3,(H,24,27)/t17-,18+,22?. The van der Waals surface area contributed by atoms with Crippen LogP contribution in [0.5, 0.6) is 11.5 Å². The summed E-state index contributed by atoms with van der Waals surface area (Å²) >= 11 is 0. The summed E-state index contributed by atoms with van der Waals surface area (Å²) < 4.78 is 38.0. The molecule has 0 aromatic heterocycles. The maximum Gasteiger partial charge on any atom is 0.262 e. The lowest BCUT2D eigenvalue weighted by Gasteiger charge is -2.40. The lowest BCUT2D eigenvalue weighted by atomic mass is 10.1. The topological polar surface area (TPSA) is 108 Å². The van der Waals surface area contributed by atoms with Gasteiger partial charge in [0.25, 0.3) is 5.91 Å². The number of hydrogen-bond donors (Lipinski definition) is 2. The minimum absolute atomic E-state index is 0.132. The van der Waals surface area contributed by atoms with Crippen molar-refractivity contribution in [3.63, 3.8) is 0 Å². The van der Waals surface area contributed by atoms with Crippen molar-refractivity contribution in [3.8, 4) is 11.5 Å². The van der Waals surface area contributed by atoms with Crippen molar-refractivity contribution in [3.05, 3.63) is 54.1 Å². The van der Waals surface area contributed by atoms with Gasteiger partial charge in [0.05, 0.1) is 30.7 Å². The number of nitrogens with zero attached hydrogens (tertiary/aromatic N) is 2. The molecule has 1 saturated heterocycles. The molecule has 3 atom stereocenters. The number of nitrogens with one attached hydrogen (secondary N) is 1. The predicted octanol–water partition coefficient (Wildman–Crippen LogP) is 2.54. The molecule has 1 amide bonds. The number of ether oxygens (including phenoxy) is 2. The summed E-state index contributed by atoms with van der Waals surface area (Å²) in [6.45, 7) is 6.46. The van der Waals surface area contributed by atoms with Gasteiger partial charge in [0.15, 0.2) is 0 Å². The number of carbonyl (C=O) groups excluding carboxylic acids is 1. The molecule has 0 aliphatic carbocycles. The number of morpholine rings is 1. The fraction of sp³-hybridized carbons (Fsp3) is 0.435. The van der Waals surface area contributed by atoms with E-state index in [1.54, 1.807) is 29.7 Å². The summed E-state index contributed by atoms with van der Waals surface area (Å²) in [5.41, 5.74) is 3.18. The number of benzene rings is 2. The minimum atomic E-state index is -3.72. The first-order chi connectivity index (χ1) is 15.6. The van der Waals surface area contributed by atoms with Gasteiger partial charge >= 0.3 is 0 Å². The van der Waals surface area contributed by atoms with Crippen molar-refractivity contribution in [2.24, 2.45) is 0 Å². The first-order valence-corrected chi connectivity index (χ1v) is 12.6. The fourth-order valence-electron chi connectivity index (χ4n) is 3.92. The average Bonchev–Trinajstić information content (AvgIpc) is 2.75. The molecule has 2 N–H and O–H groups in total. The maximum absolute atomic E-state index is 12.7. The number of amides is 1. The third kappa shape index (κ3) is 6.67. The van der Waals surface area contributed by atoms with Crippen LogP contribution in [0.4, 0.5) is 5.69 Å². The lowest BCUT2D eigenvalue weighted by Crippen LogP contribution is -2.58. The Hall–Kier alpha value is -2.66. The van der Waals surface area contributed by atoms with E-state index in [1.807, 2.05) is 49.9 Å². The molecule has 9 nitrogen and oxygen atoms in total. The van der Waals surface area contributed by atoms with Crippen LogP contribution >= 0.6 is 0 Å². The second kappa shape index (κ2) is 10.5. The Bertz CT molecular complexity index is 1030. The van der Waals surface area contributed by atoms with E-state index < -0.39 is 22.0 Å². The molecule has 2 aromatic rings. The van der Waals surface area contributed by atoms with Crippen LogP contribution in [0.1, 0.15) is 19.4 Å². The second-order valence-corrected chi connectivity index (χ2v) is 10.3. The van der Waals surface area contributed by atoms with Gasteiger partial charge in [0, 0.05) is 13.1 Å². The molecule has 0 saturated carbocycles. The van der Waals surface area contributed by atoms with Gasteiger partial charge in [-0.15, -0.1) is 0 Å². The third-order valence-electron chi connectivity index (χ3n) is 5.42. The summed E-state index contributed by atoms with van der Waals surface area (Å²) in [4.78, 5) is 14.3. The van der Waals surface area contributed by atoms with Crippen molar-refractivity contribution in [1.82, 2.24) is 10.4 Å². The summed E-state index contributed by atoms with van der Waals surface area (Å²) in [5, 5.41) is 9.31. The number of hydrogen-bond acceptors (Lipinski definition) is 7. The highest BCUT2D eigenvalue weighted by Crippen LogP contribution is 2.27. The number of rotatable bonds is 8. The van der Waals surface area contributed by atoms with Crippen LogP contribution in [0.25, 0.3) is 0 Å². The van der Waals surface area contributed by atoms with E-state index in [0.29, 0.717) is 30.3 Å². The van der Waals surface area contributed by atoms with E-state index in [9.17, 15) is 18.4 Å². The maximum atomic E-state index is 12.7. The minimum Gasteiger partial charge on any atom is -0.457 e. The number of hydroxylamine groups is 1. The Labute approximate surface area is 194 Å².